The van der Waals surface area contributed by atoms with Crippen molar-refractivity contribution >= 4 is 27.3 Å². The number of rotatable bonds is 3. The van der Waals surface area contributed by atoms with Crippen molar-refractivity contribution in [3.05, 3.63) is 59.1 Å². The normalized spacial score (nSPS) is 10.7. The number of thiazole rings is 1. The number of Topliss-reactive ketones (excluding diaryl/α,β-unsaturated/α-hetero) is 1. The van der Waals surface area contributed by atoms with Crippen LogP contribution >= 0.6 is 11.3 Å². The molecular formula is C15H11NO2S. The predicted octanol–water partition coefficient (Wildman–Crippen LogP) is 3.43. The van der Waals surface area contributed by atoms with E-state index < -0.39 is 0 Å². The lowest BCUT2D eigenvalue weighted by Gasteiger charge is -1.99. The van der Waals surface area contributed by atoms with Gasteiger partial charge in [-0.2, -0.15) is 0 Å². The summed E-state index contributed by atoms with van der Waals surface area (Å²) in [7, 11) is 0. The largest absolute Gasteiger partial charge is 0.508 e. The van der Waals surface area contributed by atoms with E-state index in [4.69, 9.17) is 0 Å². The average molecular weight is 269 g/mol. The quantitative estimate of drug-likeness (QED) is 0.741. The number of aromatic nitrogens is 1. The Morgan fingerprint density at radius 2 is 2.00 bits per heavy atom. The molecule has 0 atom stereocenters. The Balaban J connectivity index is 1.87. The molecule has 0 saturated carbocycles. The maximum absolute atomic E-state index is 12.2. The third kappa shape index (κ3) is 2.48. The summed E-state index contributed by atoms with van der Waals surface area (Å²) in [5.74, 6) is 0.154. The standard InChI is InChI=1S/C15H11NO2S/c17-11-5-3-4-10(8-11)9-13(18)15-16-12-6-1-2-7-14(12)19-15/h1-8,17H,9H2. The van der Waals surface area contributed by atoms with E-state index in [-0.39, 0.29) is 18.0 Å². The Morgan fingerprint density at radius 1 is 1.16 bits per heavy atom. The molecule has 0 spiro atoms. The summed E-state index contributed by atoms with van der Waals surface area (Å²) < 4.78 is 1.02. The lowest BCUT2D eigenvalue weighted by Crippen LogP contribution is -2.02. The third-order valence-corrected chi connectivity index (χ3v) is 3.89. The van der Waals surface area contributed by atoms with Gasteiger partial charge in [0.15, 0.2) is 10.8 Å². The first-order chi connectivity index (χ1) is 9.22. The molecule has 3 aromatic rings. The molecule has 0 aliphatic carbocycles. The number of hydrogen-bond donors (Lipinski definition) is 1. The number of nitrogens with zero attached hydrogens (tertiary/aromatic N) is 1. The van der Waals surface area contributed by atoms with Crippen molar-refractivity contribution in [1.82, 2.24) is 4.98 Å². The summed E-state index contributed by atoms with van der Waals surface area (Å²) >= 11 is 1.41. The number of carbonyl (C=O) groups excluding carboxylic acids is 1. The molecule has 3 nitrogen and oxygen atoms in total. The van der Waals surface area contributed by atoms with Gasteiger partial charge in [-0.25, -0.2) is 4.98 Å². The molecule has 0 bridgehead atoms. The zero-order valence-electron chi connectivity index (χ0n) is 10.0. The van der Waals surface area contributed by atoms with E-state index in [1.165, 1.54) is 11.3 Å². The number of phenolic OH excluding ortho intramolecular Hbond substituents is 1. The van der Waals surface area contributed by atoms with Crippen molar-refractivity contribution in [3.8, 4) is 5.75 Å². The number of hydrogen-bond acceptors (Lipinski definition) is 4. The molecule has 4 heteroatoms. The van der Waals surface area contributed by atoms with E-state index in [1.54, 1.807) is 18.2 Å². The minimum atomic E-state index is -0.0215. The van der Waals surface area contributed by atoms with E-state index in [2.05, 4.69) is 4.98 Å². The number of benzene rings is 2. The molecule has 0 amide bonds. The highest BCUT2D eigenvalue weighted by atomic mass is 32.1. The monoisotopic (exact) mass is 269 g/mol. The number of fused-ring (bicyclic) bond motifs is 1. The molecule has 3 rings (SSSR count). The Labute approximate surface area is 114 Å². The minimum absolute atomic E-state index is 0.0215. The number of phenols is 1. The van der Waals surface area contributed by atoms with Crippen LogP contribution in [0.2, 0.25) is 0 Å². The number of aromatic hydroxyl groups is 1. The van der Waals surface area contributed by atoms with Gasteiger partial charge < -0.3 is 5.11 Å². The summed E-state index contributed by atoms with van der Waals surface area (Å²) in [6.07, 6.45) is 0.258. The van der Waals surface area contributed by atoms with E-state index in [9.17, 15) is 9.90 Å². The first-order valence-electron chi connectivity index (χ1n) is 5.89. The van der Waals surface area contributed by atoms with E-state index in [0.717, 1.165) is 15.8 Å². The van der Waals surface area contributed by atoms with Crippen LogP contribution in [0, 0.1) is 0 Å². The molecule has 0 saturated heterocycles. The van der Waals surface area contributed by atoms with Gasteiger partial charge in [0.2, 0.25) is 0 Å². The van der Waals surface area contributed by atoms with Gasteiger partial charge in [-0.15, -0.1) is 11.3 Å². The fourth-order valence-electron chi connectivity index (χ4n) is 1.92. The molecule has 0 aliphatic heterocycles. The molecule has 1 aromatic heterocycles. The van der Waals surface area contributed by atoms with Gasteiger partial charge in [-0.05, 0) is 29.8 Å². The van der Waals surface area contributed by atoms with Gasteiger partial charge in [-0.1, -0.05) is 24.3 Å². The predicted molar refractivity (Wildman–Crippen MR) is 75.8 cm³/mol. The fourth-order valence-corrected chi connectivity index (χ4v) is 2.82. The van der Waals surface area contributed by atoms with E-state index >= 15 is 0 Å². The Hall–Kier alpha value is -2.20. The molecule has 94 valence electrons. The van der Waals surface area contributed by atoms with Crippen LogP contribution in [0.3, 0.4) is 0 Å². The second-order valence-corrected chi connectivity index (χ2v) is 5.29. The average Bonchev–Trinajstić information content (AvgIpc) is 2.82. The number of carbonyl (C=O) groups is 1. The maximum atomic E-state index is 12.2. The molecule has 2 aromatic carbocycles. The maximum Gasteiger partial charge on any atom is 0.195 e. The summed E-state index contributed by atoms with van der Waals surface area (Å²) in [5.41, 5.74) is 1.65. The smallest absolute Gasteiger partial charge is 0.195 e. The SMILES string of the molecule is O=C(Cc1cccc(O)c1)c1nc2ccccc2s1. The lowest BCUT2D eigenvalue weighted by molar-refractivity contribution is 0.0993. The van der Waals surface area contributed by atoms with Gasteiger partial charge in [0.1, 0.15) is 5.75 Å². The Kier molecular flexibility index (Phi) is 3.01. The van der Waals surface area contributed by atoms with Crippen LogP contribution < -0.4 is 0 Å². The van der Waals surface area contributed by atoms with Crippen molar-refractivity contribution in [3.63, 3.8) is 0 Å². The number of ketones is 1. The number of para-hydroxylation sites is 1. The van der Waals surface area contributed by atoms with Crippen LogP contribution in [0.4, 0.5) is 0 Å². The summed E-state index contributed by atoms with van der Waals surface area (Å²) in [4.78, 5) is 16.5. The highest BCUT2D eigenvalue weighted by Gasteiger charge is 2.12. The van der Waals surface area contributed by atoms with Gasteiger partial charge in [-0.3, -0.25) is 4.79 Å². The van der Waals surface area contributed by atoms with Gasteiger partial charge in [0, 0.05) is 6.42 Å². The molecule has 1 N–H and O–H groups in total. The van der Waals surface area contributed by atoms with E-state index in [1.807, 2.05) is 30.3 Å². The van der Waals surface area contributed by atoms with Crippen LogP contribution in [0.25, 0.3) is 10.2 Å². The first-order valence-corrected chi connectivity index (χ1v) is 6.71. The van der Waals surface area contributed by atoms with Crippen molar-refractivity contribution < 1.29 is 9.90 Å². The molecule has 0 radical (unpaired) electrons. The third-order valence-electron chi connectivity index (χ3n) is 2.81. The van der Waals surface area contributed by atoms with Crippen LogP contribution in [-0.4, -0.2) is 15.9 Å². The summed E-state index contributed by atoms with van der Waals surface area (Å²) in [6, 6.07) is 14.4. The molecule has 19 heavy (non-hydrogen) atoms. The van der Waals surface area contributed by atoms with Crippen LogP contribution in [0.1, 0.15) is 15.4 Å². The van der Waals surface area contributed by atoms with Gasteiger partial charge >= 0.3 is 0 Å². The minimum Gasteiger partial charge on any atom is -0.508 e. The van der Waals surface area contributed by atoms with Crippen LogP contribution in [0.15, 0.2) is 48.5 Å². The van der Waals surface area contributed by atoms with Gasteiger partial charge in [0.25, 0.3) is 0 Å². The van der Waals surface area contributed by atoms with Gasteiger partial charge in [0.05, 0.1) is 10.2 Å². The molecule has 0 fully saturated rings. The zero-order chi connectivity index (χ0) is 13.2. The van der Waals surface area contributed by atoms with E-state index in [0.29, 0.717) is 5.01 Å². The molecule has 1 heterocycles. The second-order valence-electron chi connectivity index (χ2n) is 4.26. The van der Waals surface area contributed by atoms with Crippen LogP contribution in [0.5, 0.6) is 5.75 Å². The van der Waals surface area contributed by atoms with Crippen molar-refractivity contribution in [2.24, 2.45) is 0 Å². The zero-order valence-corrected chi connectivity index (χ0v) is 10.9. The van der Waals surface area contributed by atoms with Crippen LogP contribution in [-0.2, 0) is 6.42 Å². The van der Waals surface area contributed by atoms with Crippen molar-refractivity contribution in [2.75, 3.05) is 0 Å². The summed E-state index contributed by atoms with van der Waals surface area (Å²) in [5, 5.41) is 9.90. The molecular weight excluding hydrogens is 258 g/mol. The second kappa shape index (κ2) is 4.82. The fraction of sp³-hybridized carbons (Fsp3) is 0.0667. The topological polar surface area (TPSA) is 50.2 Å². The highest BCUT2D eigenvalue weighted by molar-refractivity contribution is 7.20. The Bertz CT molecular complexity index is 715. The first kappa shape index (κ1) is 11.9. The van der Waals surface area contributed by atoms with Crippen molar-refractivity contribution in [2.45, 2.75) is 6.42 Å². The molecule has 0 aliphatic rings. The van der Waals surface area contributed by atoms with Crippen molar-refractivity contribution in [1.29, 1.82) is 0 Å². The lowest BCUT2D eigenvalue weighted by atomic mass is 10.1. The highest BCUT2D eigenvalue weighted by Crippen LogP contribution is 2.23. The Morgan fingerprint density at radius 3 is 2.79 bits per heavy atom. The summed E-state index contributed by atoms with van der Waals surface area (Å²) in [6.45, 7) is 0. The molecule has 0 unspecified atom stereocenters.